The maximum Gasteiger partial charge on any atom is 0.253 e. The van der Waals surface area contributed by atoms with Crippen LogP contribution in [0.3, 0.4) is 0 Å². The van der Waals surface area contributed by atoms with Crippen LogP contribution in [0.4, 0.5) is 5.69 Å². The van der Waals surface area contributed by atoms with Gasteiger partial charge in [-0.05, 0) is 42.0 Å². The minimum absolute atomic E-state index is 0.140. The van der Waals surface area contributed by atoms with Crippen LogP contribution >= 0.6 is 69.8 Å². The number of carbonyl (C=O) groups excluding carboxylic acids is 2. The van der Waals surface area contributed by atoms with Crippen molar-refractivity contribution in [1.82, 2.24) is 5.32 Å². The summed E-state index contributed by atoms with van der Waals surface area (Å²) >= 11 is 32.8. The topological polar surface area (TPSA) is 58.2 Å². The second-order valence-corrected chi connectivity index (χ2v) is 11.0. The first kappa shape index (κ1) is 22.4. The lowest BCUT2D eigenvalue weighted by Crippen LogP contribution is -2.43. The standard InChI is InChI=1S/C20H15Cl5N2O2S/c21-10-3-9(4-11(22)5-10)16-17(20(16,24)25)19(29)26-12-1-2-15(23)14(6-12)18(28)27-13-7-30-8-13/h1-6,13,16-17H,7-8H2,(H,26,29)(H,27,28)/t16-,17+/m1/s1. The average Bonchev–Trinajstić information content (AvgIpc) is 3.21. The first-order chi connectivity index (χ1) is 14.2. The van der Waals surface area contributed by atoms with Crippen molar-refractivity contribution in [1.29, 1.82) is 0 Å². The van der Waals surface area contributed by atoms with Gasteiger partial charge in [0.15, 0.2) is 0 Å². The molecule has 2 amide bonds. The fourth-order valence-corrected chi connectivity index (χ4v) is 5.61. The van der Waals surface area contributed by atoms with Gasteiger partial charge < -0.3 is 10.6 Å². The lowest BCUT2D eigenvalue weighted by molar-refractivity contribution is -0.117. The molecule has 2 aromatic rings. The van der Waals surface area contributed by atoms with E-state index in [4.69, 9.17) is 58.0 Å². The van der Waals surface area contributed by atoms with E-state index in [1.165, 1.54) is 0 Å². The van der Waals surface area contributed by atoms with Crippen LogP contribution in [0.2, 0.25) is 15.1 Å². The summed E-state index contributed by atoms with van der Waals surface area (Å²) in [4.78, 5) is 25.3. The molecule has 0 spiro atoms. The molecule has 2 atom stereocenters. The van der Waals surface area contributed by atoms with Crippen molar-refractivity contribution in [3.05, 3.63) is 62.6 Å². The number of carbonyl (C=O) groups is 2. The van der Waals surface area contributed by atoms with Gasteiger partial charge in [-0.1, -0.05) is 34.8 Å². The van der Waals surface area contributed by atoms with E-state index < -0.39 is 16.2 Å². The van der Waals surface area contributed by atoms with Crippen molar-refractivity contribution in [2.45, 2.75) is 16.3 Å². The minimum Gasteiger partial charge on any atom is -0.348 e. The summed E-state index contributed by atoms with van der Waals surface area (Å²) in [5, 5.41) is 6.87. The van der Waals surface area contributed by atoms with Gasteiger partial charge in [-0.2, -0.15) is 11.8 Å². The smallest absolute Gasteiger partial charge is 0.253 e. The summed E-state index contributed by atoms with van der Waals surface area (Å²) in [6.45, 7) is 0. The summed E-state index contributed by atoms with van der Waals surface area (Å²) in [6.07, 6.45) is 0. The molecular formula is C20H15Cl5N2O2S. The zero-order valence-electron chi connectivity index (χ0n) is 15.2. The number of halogens is 5. The maximum atomic E-state index is 12.9. The molecule has 1 aliphatic carbocycles. The van der Waals surface area contributed by atoms with Crippen LogP contribution in [0, 0.1) is 5.92 Å². The first-order valence-electron chi connectivity index (χ1n) is 8.99. The van der Waals surface area contributed by atoms with Gasteiger partial charge in [-0.25, -0.2) is 0 Å². The van der Waals surface area contributed by atoms with E-state index in [2.05, 4.69) is 10.6 Å². The summed E-state index contributed by atoms with van der Waals surface area (Å²) in [7, 11) is 0. The Kier molecular flexibility index (Phi) is 6.42. The lowest BCUT2D eigenvalue weighted by atomic mass is 10.1. The van der Waals surface area contributed by atoms with Crippen LogP contribution in [0.15, 0.2) is 36.4 Å². The second kappa shape index (κ2) is 8.61. The van der Waals surface area contributed by atoms with Gasteiger partial charge in [0.1, 0.15) is 4.33 Å². The number of hydrogen-bond donors (Lipinski definition) is 2. The van der Waals surface area contributed by atoms with Gasteiger partial charge in [0.2, 0.25) is 5.91 Å². The second-order valence-electron chi connectivity index (χ2n) is 7.22. The predicted octanol–water partition coefficient (Wildman–Crippen LogP) is 6.02. The number of anilines is 1. The quantitative estimate of drug-likeness (QED) is 0.471. The van der Waals surface area contributed by atoms with E-state index in [1.807, 2.05) is 0 Å². The molecule has 1 aliphatic heterocycles. The highest BCUT2D eigenvalue weighted by Gasteiger charge is 2.67. The molecule has 2 N–H and O–H groups in total. The third-order valence-corrected chi connectivity index (χ3v) is 8.01. The molecule has 4 rings (SSSR count). The molecule has 2 aromatic carbocycles. The molecule has 0 unspecified atom stereocenters. The fraction of sp³-hybridized carbons (Fsp3) is 0.300. The molecule has 158 valence electrons. The van der Waals surface area contributed by atoms with Gasteiger partial charge in [-0.3, -0.25) is 9.59 Å². The Balaban J connectivity index is 1.49. The van der Waals surface area contributed by atoms with E-state index in [0.29, 0.717) is 31.9 Å². The molecule has 30 heavy (non-hydrogen) atoms. The summed E-state index contributed by atoms with van der Waals surface area (Å²) in [5.74, 6) is -0.0413. The van der Waals surface area contributed by atoms with Gasteiger partial charge in [0, 0.05) is 39.2 Å². The van der Waals surface area contributed by atoms with Crippen molar-refractivity contribution in [2.24, 2.45) is 5.92 Å². The zero-order chi connectivity index (χ0) is 21.6. The molecule has 0 aromatic heterocycles. The van der Waals surface area contributed by atoms with Crippen LogP contribution in [0.1, 0.15) is 21.8 Å². The molecule has 0 radical (unpaired) electrons. The van der Waals surface area contributed by atoms with Crippen LogP contribution in [0.25, 0.3) is 0 Å². The van der Waals surface area contributed by atoms with Crippen LogP contribution < -0.4 is 10.6 Å². The van der Waals surface area contributed by atoms with Crippen molar-refractivity contribution in [2.75, 3.05) is 16.8 Å². The van der Waals surface area contributed by atoms with Gasteiger partial charge in [0.05, 0.1) is 16.5 Å². The molecule has 4 nitrogen and oxygen atoms in total. The molecule has 1 heterocycles. The Morgan fingerprint density at radius 1 is 1.00 bits per heavy atom. The molecule has 2 aliphatic rings. The number of thioether (sulfide) groups is 1. The van der Waals surface area contributed by atoms with Crippen molar-refractivity contribution >= 4 is 87.3 Å². The molecule has 2 fully saturated rings. The SMILES string of the molecule is O=C(NC1CSC1)c1cc(NC(=O)[C@@H]2[C@@H](c3cc(Cl)cc(Cl)c3)C2(Cl)Cl)ccc1Cl. The lowest BCUT2D eigenvalue weighted by Gasteiger charge is -2.26. The number of rotatable bonds is 5. The normalized spacial score (nSPS) is 22.2. The number of alkyl halides is 2. The maximum absolute atomic E-state index is 12.9. The van der Waals surface area contributed by atoms with Crippen LogP contribution in [0.5, 0.6) is 0 Å². The Morgan fingerprint density at radius 3 is 2.27 bits per heavy atom. The van der Waals surface area contributed by atoms with Crippen molar-refractivity contribution in [3.8, 4) is 0 Å². The van der Waals surface area contributed by atoms with E-state index in [-0.39, 0.29) is 17.9 Å². The molecule has 10 heteroatoms. The summed E-state index contributed by atoms with van der Waals surface area (Å²) < 4.78 is -1.29. The highest BCUT2D eigenvalue weighted by atomic mass is 35.5. The van der Waals surface area contributed by atoms with Gasteiger partial charge >= 0.3 is 0 Å². The van der Waals surface area contributed by atoms with Crippen LogP contribution in [-0.2, 0) is 4.79 Å². The highest BCUT2D eigenvalue weighted by Crippen LogP contribution is 2.65. The third kappa shape index (κ3) is 4.52. The van der Waals surface area contributed by atoms with E-state index >= 15 is 0 Å². The molecule has 1 saturated heterocycles. The van der Waals surface area contributed by atoms with Crippen molar-refractivity contribution < 1.29 is 9.59 Å². The Bertz CT molecular complexity index is 1010. The predicted molar refractivity (Wildman–Crippen MR) is 126 cm³/mol. The first-order valence-corrected chi connectivity index (χ1v) is 12.0. The van der Waals surface area contributed by atoms with Gasteiger partial charge in [-0.15, -0.1) is 23.2 Å². The Labute approximate surface area is 202 Å². The summed E-state index contributed by atoms with van der Waals surface area (Å²) in [6, 6.07) is 9.84. The number of hydrogen-bond acceptors (Lipinski definition) is 3. The number of amides is 2. The Hall–Kier alpha value is -0.820. The molecule has 0 bridgehead atoms. The molecular weight excluding hydrogens is 510 g/mol. The van der Waals surface area contributed by atoms with E-state index in [9.17, 15) is 9.59 Å². The monoisotopic (exact) mass is 522 g/mol. The Morgan fingerprint density at radius 2 is 1.67 bits per heavy atom. The fourth-order valence-electron chi connectivity index (χ4n) is 3.40. The zero-order valence-corrected chi connectivity index (χ0v) is 19.8. The van der Waals surface area contributed by atoms with Gasteiger partial charge in [0.25, 0.3) is 5.91 Å². The number of benzene rings is 2. The highest BCUT2D eigenvalue weighted by molar-refractivity contribution is 8.00. The van der Waals surface area contributed by atoms with E-state index in [1.54, 1.807) is 48.2 Å². The average molecular weight is 525 g/mol. The largest absolute Gasteiger partial charge is 0.348 e. The number of nitrogens with one attached hydrogen (secondary N) is 2. The minimum atomic E-state index is -1.29. The summed E-state index contributed by atoms with van der Waals surface area (Å²) in [5.41, 5.74) is 1.41. The molecule has 1 saturated carbocycles. The van der Waals surface area contributed by atoms with E-state index in [0.717, 1.165) is 11.5 Å². The van der Waals surface area contributed by atoms with Crippen LogP contribution in [-0.4, -0.2) is 33.7 Å². The van der Waals surface area contributed by atoms with Crippen molar-refractivity contribution in [3.63, 3.8) is 0 Å². The third-order valence-electron chi connectivity index (χ3n) is 5.03.